The Morgan fingerprint density at radius 2 is 2.05 bits per heavy atom. The molecule has 0 fully saturated rings. The van der Waals surface area contributed by atoms with Crippen LogP contribution < -0.4 is 0 Å². The van der Waals surface area contributed by atoms with E-state index in [0.29, 0.717) is 36.7 Å². The normalized spacial score (nSPS) is 11.4. The molecule has 0 bridgehead atoms. The third-order valence-corrected chi connectivity index (χ3v) is 3.38. The fraction of sp³-hybridized carbons (Fsp3) is 0.308. The molecule has 0 aliphatic heterocycles. The highest BCUT2D eigenvalue weighted by Gasteiger charge is 2.15. The predicted molar refractivity (Wildman–Crippen MR) is 74.1 cm³/mol. The van der Waals surface area contributed by atoms with Gasteiger partial charge in [-0.25, -0.2) is 13.8 Å². The first kappa shape index (κ1) is 13.9. The van der Waals surface area contributed by atoms with Crippen LogP contribution in [-0.4, -0.2) is 30.4 Å². The zero-order valence-corrected chi connectivity index (χ0v) is 11.8. The Morgan fingerprint density at radius 1 is 1.19 bits per heavy atom. The molecule has 3 aromatic rings. The zero-order chi connectivity index (χ0) is 14.8. The van der Waals surface area contributed by atoms with Gasteiger partial charge in [-0.15, -0.1) is 16.7 Å². The third kappa shape index (κ3) is 2.73. The van der Waals surface area contributed by atoms with Gasteiger partial charge in [0.1, 0.15) is 17.2 Å². The van der Waals surface area contributed by atoms with Gasteiger partial charge in [-0.05, 0) is 6.07 Å². The number of benzene rings is 1. The topological polar surface area (TPSA) is 48.5 Å². The molecule has 2 aromatic heterocycles. The number of aromatic nitrogens is 5. The van der Waals surface area contributed by atoms with Gasteiger partial charge in [0, 0.05) is 31.1 Å². The lowest BCUT2D eigenvalue weighted by atomic mass is 10.3. The van der Waals surface area contributed by atoms with Gasteiger partial charge in [0.15, 0.2) is 5.82 Å². The third-order valence-electron chi connectivity index (χ3n) is 3.19. The zero-order valence-electron chi connectivity index (χ0n) is 11.0. The van der Waals surface area contributed by atoms with E-state index in [1.807, 2.05) is 0 Å². The van der Waals surface area contributed by atoms with Gasteiger partial charge in [-0.3, -0.25) is 4.68 Å². The number of nitrogens with zero attached hydrogens (tertiary/aromatic N) is 5. The Labute approximate surface area is 124 Å². The summed E-state index contributed by atoms with van der Waals surface area (Å²) in [6.45, 7) is 1.01. The van der Waals surface area contributed by atoms with Crippen LogP contribution in [0.5, 0.6) is 0 Å². The molecule has 0 unspecified atom stereocenters. The van der Waals surface area contributed by atoms with Crippen LogP contribution in [0, 0.1) is 11.6 Å². The Kier molecular flexibility index (Phi) is 3.83. The Morgan fingerprint density at radius 3 is 2.76 bits per heavy atom. The van der Waals surface area contributed by atoms with Gasteiger partial charge in [0.05, 0.1) is 18.3 Å². The summed E-state index contributed by atoms with van der Waals surface area (Å²) in [4.78, 5) is 4.23. The van der Waals surface area contributed by atoms with Gasteiger partial charge in [-0.2, -0.15) is 0 Å². The highest BCUT2D eigenvalue weighted by molar-refractivity contribution is 6.17. The van der Waals surface area contributed by atoms with Crippen molar-refractivity contribution in [3.63, 3.8) is 0 Å². The maximum Gasteiger partial charge on any atom is 0.153 e. The predicted octanol–water partition coefficient (Wildman–Crippen LogP) is 2.39. The van der Waals surface area contributed by atoms with Crippen LogP contribution in [0.15, 0.2) is 24.5 Å². The van der Waals surface area contributed by atoms with E-state index >= 15 is 0 Å². The van der Waals surface area contributed by atoms with E-state index in [2.05, 4.69) is 15.3 Å². The number of imidazole rings is 1. The summed E-state index contributed by atoms with van der Waals surface area (Å²) in [7, 11) is 0. The summed E-state index contributed by atoms with van der Waals surface area (Å²) in [5.74, 6) is -0.305. The molecule has 2 heterocycles. The molecule has 0 N–H and O–H groups in total. The summed E-state index contributed by atoms with van der Waals surface area (Å²) in [6, 6.07) is 2.12. The molecule has 0 atom stereocenters. The van der Waals surface area contributed by atoms with Gasteiger partial charge < -0.3 is 4.57 Å². The van der Waals surface area contributed by atoms with E-state index in [-0.39, 0.29) is 5.52 Å². The number of halogens is 3. The number of fused-ring (bicyclic) bond motifs is 1. The fourth-order valence-electron chi connectivity index (χ4n) is 2.28. The minimum Gasteiger partial charge on any atom is -0.326 e. The smallest absolute Gasteiger partial charge is 0.153 e. The molecule has 0 saturated carbocycles. The first-order valence-corrected chi connectivity index (χ1v) is 6.96. The maximum atomic E-state index is 13.8. The minimum atomic E-state index is -0.666. The first-order valence-electron chi connectivity index (χ1n) is 6.43. The molecule has 0 saturated heterocycles. The second-order valence-corrected chi connectivity index (χ2v) is 4.92. The molecule has 0 spiro atoms. The molecule has 5 nitrogen and oxygen atoms in total. The highest BCUT2D eigenvalue weighted by Crippen LogP contribution is 2.21. The Balaban J connectivity index is 2.02. The highest BCUT2D eigenvalue weighted by atomic mass is 35.5. The lowest BCUT2D eigenvalue weighted by molar-refractivity contribution is 0.515. The molecule has 8 heteroatoms. The largest absolute Gasteiger partial charge is 0.326 e. The van der Waals surface area contributed by atoms with Crippen molar-refractivity contribution < 1.29 is 8.78 Å². The Hall–Kier alpha value is -2.02. The lowest BCUT2D eigenvalue weighted by Gasteiger charge is -2.08. The van der Waals surface area contributed by atoms with Crippen LogP contribution in [0.1, 0.15) is 5.82 Å². The molecular formula is C13H12ClF2N5. The number of aryl methyl sites for hydroxylation is 3. The summed E-state index contributed by atoms with van der Waals surface area (Å²) in [5.41, 5.74) is 0.586. The first-order chi connectivity index (χ1) is 10.2. The lowest BCUT2D eigenvalue weighted by Crippen LogP contribution is -2.11. The molecule has 3 rings (SSSR count). The summed E-state index contributed by atoms with van der Waals surface area (Å²) in [6.07, 6.45) is 3.78. The van der Waals surface area contributed by atoms with Gasteiger partial charge in [0.2, 0.25) is 0 Å². The molecular weight excluding hydrogens is 300 g/mol. The molecule has 0 amide bonds. The van der Waals surface area contributed by atoms with Crippen molar-refractivity contribution in [2.45, 2.75) is 19.5 Å². The number of alkyl halides is 1. The minimum absolute atomic E-state index is 0.162. The van der Waals surface area contributed by atoms with Crippen molar-refractivity contribution in [1.82, 2.24) is 24.5 Å². The number of rotatable bonds is 5. The van der Waals surface area contributed by atoms with Crippen molar-refractivity contribution in [3.05, 3.63) is 42.0 Å². The van der Waals surface area contributed by atoms with Crippen LogP contribution in [-0.2, 0) is 19.5 Å². The SMILES string of the molecule is Fc1cc(F)c2nc(CCCl)n(CCn3ccnn3)c2c1. The van der Waals surface area contributed by atoms with E-state index in [0.717, 1.165) is 6.07 Å². The summed E-state index contributed by atoms with van der Waals surface area (Å²) >= 11 is 5.76. The molecule has 1 aromatic carbocycles. The second kappa shape index (κ2) is 5.77. The number of hydrogen-bond donors (Lipinski definition) is 0. The van der Waals surface area contributed by atoms with Crippen LogP contribution in [0.2, 0.25) is 0 Å². The van der Waals surface area contributed by atoms with Crippen molar-refractivity contribution >= 4 is 22.6 Å². The summed E-state index contributed by atoms with van der Waals surface area (Å²) < 4.78 is 30.7. The van der Waals surface area contributed by atoms with Gasteiger partial charge in [0.25, 0.3) is 0 Å². The van der Waals surface area contributed by atoms with Crippen molar-refractivity contribution in [1.29, 1.82) is 0 Å². The summed E-state index contributed by atoms with van der Waals surface area (Å²) in [5, 5.41) is 7.58. The molecule has 0 radical (unpaired) electrons. The van der Waals surface area contributed by atoms with E-state index in [1.54, 1.807) is 21.6 Å². The molecule has 110 valence electrons. The number of hydrogen-bond acceptors (Lipinski definition) is 3. The molecule has 21 heavy (non-hydrogen) atoms. The quantitative estimate of drug-likeness (QED) is 0.680. The standard InChI is InChI=1S/C13H12ClF2N5/c14-2-1-12-18-13-10(16)7-9(15)8-11(13)21(12)6-5-20-4-3-17-19-20/h3-4,7-8H,1-2,5-6H2. The van der Waals surface area contributed by atoms with E-state index in [1.165, 1.54) is 6.07 Å². The van der Waals surface area contributed by atoms with Crippen molar-refractivity contribution in [2.75, 3.05) is 5.88 Å². The van der Waals surface area contributed by atoms with Crippen LogP contribution >= 0.6 is 11.6 Å². The van der Waals surface area contributed by atoms with Gasteiger partial charge >= 0.3 is 0 Å². The van der Waals surface area contributed by atoms with Crippen molar-refractivity contribution in [3.8, 4) is 0 Å². The Bertz CT molecular complexity index is 754. The average Bonchev–Trinajstić information content (AvgIpc) is 3.05. The van der Waals surface area contributed by atoms with Crippen LogP contribution in [0.25, 0.3) is 11.0 Å². The van der Waals surface area contributed by atoms with E-state index in [4.69, 9.17) is 11.6 Å². The molecule has 0 aliphatic rings. The van der Waals surface area contributed by atoms with E-state index in [9.17, 15) is 8.78 Å². The fourth-order valence-corrected chi connectivity index (χ4v) is 2.45. The molecule has 0 aliphatic carbocycles. The second-order valence-electron chi connectivity index (χ2n) is 4.54. The monoisotopic (exact) mass is 311 g/mol. The van der Waals surface area contributed by atoms with Gasteiger partial charge in [-0.1, -0.05) is 5.21 Å². The van der Waals surface area contributed by atoms with Crippen LogP contribution in [0.3, 0.4) is 0 Å². The van der Waals surface area contributed by atoms with E-state index < -0.39 is 11.6 Å². The van der Waals surface area contributed by atoms with Crippen LogP contribution in [0.4, 0.5) is 8.78 Å². The maximum absolute atomic E-state index is 13.8. The average molecular weight is 312 g/mol. The van der Waals surface area contributed by atoms with Crippen molar-refractivity contribution in [2.24, 2.45) is 0 Å².